The van der Waals surface area contributed by atoms with E-state index >= 15 is 0 Å². The van der Waals surface area contributed by atoms with Crippen LogP contribution in [0.1, 0.15) is 38.1 Å². The minimum Gasteiger partial charge on any atom is -0.493 e. The number of rotatable bonds is 2. The molecule has 1 fully saturated rings. The van der Waals surface area contributed by atoms with Crippen LogP contribution >= 0.6 is 0 Å². The molecule has 1 aromatic heterocycles. The first-order chi connectivity index (χ1) is 9.75. The highest BCUT2D eigenvalue weighted by molar-refractivity contribution is 5.55. The molecule has 0 spiro atoms. The third-order valence-corrected chi connectivity index (χ3v) is 3.91. The Labute approximate surface area is 117 Å². The molecule has 1 N–H and O–H groups in total. The Morgan fingerprint density at radius 3 is 2.50 bits per heavy atom. The first-order valence-electron chi connectivity index (χ1n) is 7.13. The first-order valence-corrected chi connectivity index (χ1v) is 7.13. The summed E-state index contributed by atoms with van der Waals surface area (Å²) in [5.41, 5.74) is 0.703. The highest BCUT2D eigenvalue weighted by Crippen LogP contribution is 2.30. The fraction of sp³-hybridized carbons (Fsp3) is 0.375. The van der Waals surface area contributed by atoms with E-state index in [1.54, 1.807) is 4.57 Å². The van der Waals surface area contributed by atoms with Gasteiger partial charge in [0.05, 0.1) is 6.07 Å². The van der Waals surface area contributed by atoms with Gasteiger partial charge in [0.25, 0.3) is 5.56 Å². The van der Waals surface area contributed by atoms with Crippen molar-refractivity contribution in [1.29, 1.82) is 0 Å². The van der Waals surface area contributed by atoms with Gasteiger partial charge in [-0.2, -0.15) is 4.98 Å². The van der Waals surface area contributed by atoms with Crippen molar-refractivity contribution in [1.82, 2.24) is 9.55 Å². The molecular weight excluding hydrogens is 252 g/mol. The molecule has 1 aromatic carbocycles. The number of nitrogens with zero attached hydrogens (tertiary/aromatic N) is 2. The summed E-state index contributed by atoms with van der Waals surface area (Å²) in [7, 11) is 0. The second-order valence-electron chi connectivity index (χ2n) is 5.30. The van der Waals surface area contributed by atoms with Gasteiger partial charge in [0.1, 0.15) is 5.82 Å². The maximum atomic E-state index is 12.3. The standard InChI is InChI=1S/C16H18N2O2/c19-14-11-15(20)18(13-9-5-2-6-10-13)16(17-14)12-7-3-1-4-8-12/h1,3-4,7-8,11,13,19H,2,5-6,9-10H2. The van der Waals surface area contributed by atoms with Gasteiger partial charge < -0.3 is 5.11 Å². The molecule has 20 heavy (non-hydrogen) atoms. The van der Waals surface area contributed by atoms with E-state index in [1.807, 2.05) is 30.3 Å². The maximum absolute atomic E-state index is 12.3. The molecule has 1 aliphatic rings. The van der Waals surface area contributed by atoms with Crippen LogP contribution in [-0.2, 0) is 0 Å². The van der Waals surface area contributed by atoms with Gasteiger partial charge in [0.2, 0.25) is 5.88 Å². The molecule has 0 amide bonds. The Kier molecular flexibility index (Phi) is 3.54. The largest absolute Gasteiger partial charge is 0.493 e. The highest BCUT2D eigenvalue weighted by atomic mass is 16.3. The van der Waals surface area contributed by atoms with E-state index in [4.69, 9.17) is 0 Å². The number of benzene rings is 1. The van der Waals surface area contributed by atoms with E-state index < -0.39 is 0 Å². The fourth-order valence-electron chi connectivity index (χ4n) is 2.96. The zero-order chi connectivity index (χ0) is 13.9. The summed E-state index contributed by atoms with van der Waals surface area (Å²) in [6, 6.07) is 11.0. The van der Waals surface area contributed by atoms with Crippen LogP contribution in [0.5, 0.6) is 5.88 Å². The second kappa shape index (κ2) is 5.49. The van der Waals surface area contributed by atoms with E-state index in [-0.39, 0.29) is 17.5 Å². The van der Waals surface area contributed by atoms with Crippen molar-refractivity contribution in [2.75, 3.05) is 0 Å². The summed E-state index contributed by atoms with van der Waals surface area (Å²) >= 11 is 0. The van der Waals surface area contributed by atoms with Crippen molar-refractivity contribution >= 4 is 0 Å². The fourth-order valence-corrected chi connectivity index (χ4v) is 2.96. The normalized spacial score (nSPS) is 16.2. The minimum absolute atomic E-state index is 0.164. The van der Waals surface area contributed by atoms with Crippen LogP contribution in [0.2, 0.25) is 0 Å². The molecule has 0 radical (unpaired) electrons. The van der Waals surface area contributed by atoms with Crippen LogP contribution in [0.25, 0.3) is 11.4 Å². The van der Waals surface area contributed by atoms with Gasteiger partial charge in [-0.25, -0.2) is 0 Å². The molecule has 104 valence electrons. The van der Waals surface area contributed by atoms with E-state index in [0.717, 1.165) is 31.2 Å². The van der Waals surface area contributed by atoms with Crippen molar-refractivity contribution in [3.8, 4) is 17.3 Å². The van der Waals surface area contributed by atoms with Gasteiger partial charge in [-0.3, -0.25) is 9.36 Å². The van der Waals surface area contributed by atoms with Gasteiger partial charge >= 0.3 is 0 Å². The molecule has 0 saturated heterocycles. The van der Waals surface area contributed by atoms with E-state index in [0.29, 0.717) is 5.82 Å². The van der Waals surface area contributed by atoms with Gasteiger partial charge in [-0.05, 0) is 12.8 Å². The smallest absolute Gasteiger partial charge is 0.257 e. The molecule has 0 bridgehead atoms. The molecule has 0 atom stereocenters. The van der Waals surface area contributed by atoms with Crippen LogP contribution < -0.4 is 5.56 Å². The zero-order valence-corrected chi connectivity index (χ0v) is 11.3. The van der Waals surface area contributed by atoms with Crippen molar-refractivity contribution in [2.24, 2.45) is 0 Å². The molecule has 4 nitrogen and oxygen atoms in total. The molecule has 1 aliphatic carbocycles. The lowest BCUT2D eigenvalue weighted by molar-refractivity contribution is 0.343. The number of hydrogen-bond donors (Lipinski definition) is 1. The monoisotopic (exact) mass is 270 g/mol. The molecule has 1 saturated carbocycles. The minimum atomic E-state index is -0.207. The molecule has 4 heteroatoms. The summed E-state index contributed by atoms with van der Waals surface area (Å²) in [5, 5.41) is 9.65. The van der Waals surface area contributed by atoms with E-state index in [2.05, 4.69) is 4.98 Å². The molecule has 0 aliphatic heterocycles. The average molecular weight is 270 g/mol. The third kappa shape index (κ3) is 2.46. The Morgan fingerprint density at radius 1 is 1.10 bits per heavy atom. The van der Waals surface area contributed by atoms with Crippen molar-refractivity contribution in [2.45, 2.75) is 38.1 Å². The van der Waals surface area contributed by atoms with Gasteiger partial charge in [0.15, 0.2) is 0 Å². The lowest BCUT2D eigenvalue weighted by atomic mass is 9.95. The summed E-state index contributed by atoms with van der Waals surface area (Å²) < 4.78 is 1.76. The van der Waals surface area contributed by atoms with Crippen molar-refractivity contribution in [3.05, 3.63) is 46.8 Å². The van der Waals surface area contributed by atoms with Crippen LogP contribution in [-0.4, -0.2) is 14.7 Å². The summed E-state index contributed by atoms with van der Waals surface area (Å²) in [4.78, 5) is 16.5. The predicted octanol–water partition coefficient (Wildman–Crippen LogP) is 3.12. The quantitative estimate of drug-likeness (QED) is 0.912. The molecule has 3 rings (SSSR count). The molecular formula is C16H18N2O2. The molecule has 0 unspecified atom stereocenters. The van der Waals surface area contributed by atoms with Gasteiger partial charge in [-0.15, -0.1) is 0 Å². The lowest BCUT2D eigenvalue weighted by Gasteiger charge is -2.26. The predicted molar refractivity (Wildman–Crippen MR) is 77.7 cm³/mol. The SMILES string of the molecule is O=c1cc(O)nc(-c2ccccc2)n1C1CCCCC1. The molecule has 1 heterocycles. The number of aromatic hydroxyl groups is 1. The van der Waals surface area contributed by atoms with Crippen LogP contribution in [0.4, 0.5) is 0 Å². The Hall–Kier alpha value is -2.10. The first kappa shape index (κ1) is 12.9. The number of hydrogen-bond acceptors (Lipinski definition) is 3. The average Bonchev–Trinajstić information content (AvgIpc) is 2.48. The number of aromatic nitrogens is 2. The maximum Gasteiger partial charge on any atom is 0.257 e. The van der Waals surface area contributed by atoms with Crippen LogP contribution in [0, 0.1) is 0 Å². The van der Waals surface area contributed by atoms with Gasteiger partial charge in [-0.1, -0.05) is 49.6 Å². The zero-order valence-electron chi connectivity index (χ0n) is 11.3. The highest BCUT2D eigenvalue weighted by Gasteiger charge is 2.21. The summed E-state index contributed by atoms with van der Waals surface area (Å²) in [6.07, 6.45) is 5.54. The Balaban J connectivity index is 2.14. The van der Waals surface area contributed by atoms with E-state index in [9.17, 15) is 9.90 Å². The molecule has 2 aromatic rings. The Morgan fingerprint density at radius 2 is 1.80 bits per heavy atom. The van der Waals surface area contributed by atoms with Crippen molar-refractivity contribution < 1.29 is 5.11 Å². The van der Waals surface area contributed by atoms with Gasteiger partial charge in [0, 0.05) is 11.6 Å². The Bertz CT molecular complexity index is 643. The topological polar surface area (TPSA) is 55.1 Å². The lowest BCUT2D eigenvalue weighted by Crippen LogP contribution is -2.28. The van der Waals surface area contributed by atoms with Crippen LogP contribution in [0.3, 0.4) is 0 Å². The second-order valence-corrected chi connectivity index (χ2v) is 5.30. The van der Waals surface area contributed by atoms with E-state index in [1.165, 1.54) is 12.5 Å². The summed E-state index contributed by atoms with van der Waals surface area (Å²) in [6.45, 7) is 0. The van der Waals surface area contributed by atoms with Crippen molar-refractivity contribution in [3.63, 3.8) is 0 Å². The summed E-state index contributed by atoms with van der Waals surface area (Å²) in [5.74, 6) is 0.364. The van der Waals surface area contributed by atoms with Crippen LogP contribution in [0.15, 0.2) is 41.2 Å². The third-order valence-electron chi connectivity index (χ3n) is 3.91.